The van der Waals surface area contributed by atoms with Gasteiger partial charge in [-0.25, -0.2) is 4.39 Å². The number of fused-ring (bicyclic) bond motifs is 1. The standard InChI is InChI=1S/C15H12FNO2/c16-12-5-1-4-11(9-12)15(18)17-13-6-2-3-10-7-8-19-14(10)13/h1-6,9H,7-8H2,(H,17,18). The normalized spacial score (nSPS) is 12.7. The van der Waals surface area contributed by atoms with E-state index in [4.69, 9.17) is 4.74 Å². The van der Waals surface area contributed by atoms with E-state index in [1.54, 1.807) is 12.1 Å². The van der Waals surface area contributed by atoms with Gasteiger partial charge in [-0.1, -0.05) is 18.2 Å². The van der Waals surface area contributed by atoms with Gasteiger partial charge >= 0.3 is 0 Å². The largest absolute Gasteiger partial charge is 0.491 e. The summed E-state index contributed by atoms with van der Waals surface area (Å²) in [4.78, 5) is 12.0. The molecule has 4 heteroatoms. The first-order chi connectivity index (χ1) is 9.24. The quantitative estimate of drug-likeness (QED) is 0.898. The Morgan fingerprint density at radius 3 is 2.89 bits per heavy atom. The van der Waals surface area contributed by atoms with Crippen LogP contribution in [0.15, 0.2) is 42.5 Å². The van der Waals surface area contributed by atoms with Crippen molar-refractivity contribution in [1.82, 2.24) is 0 Å². The van der Waals surface area contributed by atoms with Gasteiger partial charge in [-0.15, -0.1) is 0 Å². The van der Waals surface area contributed by atoms with Crippen molar-refractivity contribution in [2.75, 3.05) is 11.9 Å². The lowest BCUT2D eigenvalue weighted by molar-refractivity contribution is 0.102. The summed E-state index contributed by atoms with van der Waals surface area (Å²) < 4.78 is 18.6. The Kier molecular flexibility index (Phi) is 2.91. The Labute approximate surface area is 110 Å². The topological polar surface area (TPSA) is 38.3 Å². The molecule has 1 N–H and O–H groups in total. The average molecular weight is 257 g/mol. The van der Waals surface area contributed by atoms with Crippen LogP contribution in [0.4, 0.5) is 10.1 Å². The zero-order chi connectivity index (χ0) is 13.2. The van der Waals surface area contributed by atoms with Crippen LogP contribution in [0.1, 0.15) is 15.9 Å². The van der Waals surface area contributed by atoms with E-state index in [2.05, 4.69) is 5.32 Å². The monoisotopic (exact) mass is 257 g/mol. The van der Waals surface area contributed by atoms with Gasteiger partial charge in [-0.05, 0) is 29.8 Å². The fourth-order valence-electron chi connectivity index (χ4n) is 2.14. The lowest BCUT2D eigenvalue weighted by Gasteiger charge is -2.09. The van der Waals surface area contributed by atoms with Crippen molar-refractivity contribution >= 4 is 11.6 Å². The summed E-state index contributed by atoms with van der Waals surface area (Å²) >= 11 is 0. The number of nitrogens with one attached hydrogen (secondary N) is 1. The first-order valence-corrected chi connectivity index (χ1v) is 6.05. The zero-order valence-corrected chi connectivity index (χ0v) is 10.2. The van der Waals surface area contributed by atoms with Crippen LogP contribution in [0.3, 0.4) is 0 Å². The Hall–Kier alpha value is -2.36. The third-order valence-electron chi connectivity index (χ3n) is 3.05. The second-order valence-electron chi connectivity index (χ2n) is 4.36. The Morgan fingerprint density at radius 2 is 2.05 bits per heavy atom. The van der Waals surface area contributed by atoms with Crippen molar-refractivity contribution < 1.29 is 13.9 Å². The number of para-hydroxylation sites is 1. The molecule has 3 nitrogen and oxygen atoms in total. The van der Waals surface area contributed by atoms with Crippen LogP contribution in [-0.2, 0) is 6.42 Å². The van der Waals surface area contributed by atoms with Gasteiger partial charge in [-0.3, -0.25) is 4.79 Å². The lowest BCUT2D eigenvalue weighted by Crippen LogP contribution is -2.12. The van der Waals surface area contributed by atoms with Crippen LogP contribution >= 0.6 is 0 Å². The van der Waals surface area contributed by atoms with Gasteiger partial charge in [0.05, 0.1) is 12.3 Å². The van der Waals surface area contributed by atoms with Gasteiger partial charge in [0.25, 0.3) is 5.91 Å². The number of amides is 1. The first kappa shape index (κ1) is 11.7. The van der Waals surface area contributed by atoms with E-state index >= 15 is 0 Å². The van der Waals surface area contributed by atoms with Crippen molar-refractivity contribution in [3.05, 3.63) is 59.4 Å². The van der Waals surface area contributed by atoms with Crippen molar-refractivity contribution in [1.29, 1.82) is 0 Å². The minimum atomic E-state index is -0.429. The smallest absolute Gasteiger partial charge is 0.255 e. The molecule has 0 bridgehead atoms. The maximum Gasteiger partial charge on any atom is 0.255 e. The molecule has 2 aromatic carbocycles. The SMILES string of the molecule is O=C(Nc1cccc2c1OCC2)c1cccc(F)c1. The highest BCUT2D eigenvalue weighted by molar-refractivity contribution is 6.05. The number of hydrogen-bond acceptors (Lipinski definition) is 2. The van der Waals surface area contributed by atoms with Crippen LogP contribution in [0.25, 0.3) is 0 Å². The van der Waals surface area contributed by atoms with E-state index in [9.17, 15) is 9.18 Å². The molecule has 0 atom stereocenters. The van der Waals surface area contributed by atoms with Crippen molar-refractivity contribution in [3.8, 4) is 5.75 Å². The van der Waals surface area contributed by atoms with Gasteiger partial charge in [0, 0.05) is 12.0 Å². The third-order valence-corrected chi connectivity index (χ3v) is 3.05. The molecule has 0 fully saturated rings. The number of carbonyl (C=O) groups is 1. The van der Waals surface area contributed by atoms with Gasteiger partial charge in [0.1, 0.15) is 11.6 Å². The van der Waals surface area contributed by atoms with Crippen LogP contribution in [-0.4, -0.2) is 12.5 Å². The van der Waals surface area contributed by atoms with E-state index < -0.39 is 5.82 Å². The highest BCUT2D eigenvalue weighted by atomic mass is 19.1. The minimum absolute atomic E-state index is 0.288. The van der Waals surface area contributed by atoms with E-state index in [1.165, 1.54) is 18.2 Å². The second kappa shape index (κ2) is 4.72. The molecule has 0 aliphatic carbocycles. The molecule has 1 amide bonds. The predicted molar refractivity (Wildman–Crippen MR) is 70.0 cm³/mol. The van der Waals surface area contributed by atoms with E-state index in [-0.39, 0.29) is 11.5 Å². The summed E-state index contributed by atoms with van der Waals surface area (Å²) in [7, 11) is 0. The molecule has 1 heterocycles. The summed E-state index contributed by atoms with van der Waals surface area (Å²) in [6.07, 6.45) is 0.846. The number of hydrogen-bond donors (Lipinski definition) is 1. The molecule has 1 aliphatic heterocycles. The molecule has 1 aliphatic rings. The fourth-order valence-corrected chi connectivity index (χ4v) is 2.14. The molecule has 19 heavy (non-hydrogen) atoms. The van der Waals surface area contributed by atoms with Crippen LogP contribution in [0, 0.1) is 5.82 Å². The summed E-state index contributed by atoms with van der Waals surface area (Å²) in [6.45, 7) is 0.627. The Bertz CT molecular complexity index is 640. The van der Waals surface area contributed by atoms with Gasteiger partial charge in [0.2, 0.25) is 0 Å². The van der Waals surface area contributed by atoms with Gasteiger partial charge in [-0.2, -0.15) is 0 Å². The van der Waals surface area contributed by atoms with Crippen molar-refractivity contribution in [2.45, 2.75) is 6.42 Å². The predicted octanol–water partition coefficient (Wildman–Crippen LogP) is 3.01. The Morgan fingerprint density at radius 1 is 1.21 bits per heavy atom. The summed E-state index contributed by atoms with van der Waals surface area (Å²) in [6, 6.07) is 11.2. The zero-order valence-electron chi connectivity index (χ0n) is 10.2. The van der Waals surface area contributed by atoms with Crippen molar-refractivity contribution in [3.63, 3.8) is 0 Å². The number of rotatable bonds is 2. The highest BCUT2D eigenvalue weighted by Crippen LogP contribution is 2.33. The number of benzene rings is 2. The third kappa shape index (κ3) is 2.29. The molecule has 96 valence electrons. The van der Waals surface area contributed by atoms with E-state index in [1.807, 2.05) is 12.1 Å². The molecular formula is C15H12FNO2. The van der Waals surface area contributed by atoms with Crippen LogP contribution in [0.5, 0.6) is 5.75 Å². The summed E-state index contributed by atoms with van der Waals surface area (Å²) in [5.74, 6) is -0.0576. The molecule has 0 radical (unpaired) electrons. The van der Waals surface area contributed by atoms with Crippen molar-refractivity contribution in [2.24, 2.45) is 0 Å². The number of ether oxygens (including phenoxy) is 1. The molecule has 0 aromatic heterocycles. The average Bonchev–Trinajstić information content (AvgIpc) is 2.88. The fraction of sp³-hybridized carbons (Fsp3) is 0.133. The minimum Gasteiger partial charge on any atom is -0.491 e. The molecule has 3 rings (SSSR count). The first-order valence-electron chi connectivity index (χ1n) is 6.05. The molecule has 2 aromatic rings. The molecule has 0 spiro atoms. The summed E-state index contributed by atoms with van der Waals surface area (Å²) in [5, 5.41) is 2.76. The van der Waals surface area contributed by atoms with E-state index in [0.29, 0.717) is 18.0 Å². The molecule has 0 unspecified atom stereocenters. The van der Waals surface area contributed by atoms with E-state index in [0.717, 1.165) is 12.0 Å². The molecular weight excluding hydrogens is 245 g/mol. The van der Waals surface area contributed by atoms with Gasteiger partial charge < -0.3 is 10.1 Å². The van der Waals surface area contributed by atoms with Crippen LogP contribution < -0.4 is 10.1 Å². The van der Waals surface area contributed by atoms with Crippen LogP contribution in [0.2, 0.25) is 0 Å². The maximum absolute atomic E-state index is 13.1. The second-order valence-corrected chi connectivity index (χ2v) is 4.36. The lowest BCUT2D eigenvalue weighted by atomic mass is 10.1. The summed E-state index contributed by atoms with van der Waals surface area (Å²) in [5.41, 5.74) is 2.00. The maximum atomic E-state index is 13.1. The molecule has 0 saturated heterocycles. The number of carbonyl (C=O) groups excluding carboxylic acids is 1. The molecule has 0 saturated carbocycles. The number of anilines is 1. The van der Waals surface area contributed by atoms with Gasteiger partial charge in [0.15, 0.2) is 0 Å². The highest BCUT2D eigenvalue weighted by Gasteiger charge is 2.17. The number of halogens is 1. The Balaban J connectivity index is 1.86.